The number of aryl methyl sites for hydroxylation is 1. The van der Waals surface area contributed by atoms with Gasteiger partial charge >= 0.3 is 0 Å². The molecule has 23 heavy (non-hydrogen) atoms. The van der Waals surface area contributed by atoms with Crippen LogP contribution in [0.5, 0.6) is 0 Å². The zero-order valence-electron chi connectivity index (χ0n) is 13.9. The van der Waals surface area contributed by atoms with Crippen molar-refractivity contribution in [3.05, 3.63) is 95.6 Å². The van der Waals surface area contributed by atoms with Gasteiger partial charge in [0.1, 0.15) is 0 Å². The fourth-order valence-electron chi connectivity index (χ4n) is 4.35. The van der Waals surface area contributed by atoms with Crippen LogP contribution in [0.4, 0.5) is 0 Å². The average molecular weight is 300 g/mol. The molecule has 2 aromatic carbocycles. The molecule has 2 aliphatic carbocycles. The van der Waals surface area contributed by atoms with E-state index in [2.05, 4.69) is 92.7 Å². The Bertz CT molecular complexity index is 720. The fourth-order valence-corrected chi connectivity index (χ4v) is 4.35. The van der Waals surface area contributed by atoms with Crippen LogP contribution in [0.3, 0.4) is 0 Å². The third-order valence-electron chi connectivity index (χ3n) is 5.63. The van der Waals surface area contributed by atoms with Gasteiger partial charge in [0, 0.05) is 0 Å². The average Bonchev–Trinajstić information content (AvgIpc) is 3.32. The summed E-state index contributed by atoms with van der Waals surface area (Å²) in [4.78, 5) is 0. The van der Waals surface area contributed by atoms with Gasteiger partial charge in [-0.25, -0.2) is 0 Å². The molecule has 5 unspecified atom stereocenters. The molecule has 4 rings (SSSR count). The van der Waals surface area contributed by atoms with Gasteiger partial charge in [-0.2, -0.15) is 0 Å². The second-order valence-electron chi connectivity index (χ2n) is 7.16. The maximum Gasteiger partial charge on any atom is -0.00498 e. The molecule has 0 saturated heterocycles. The second-order valence-corrected chi connectivity index (χ2v) is 7.16. The lowest BCUT2D eigenvalue weighted by molar-refractivity contribution is 0.436. The Hall–Kier alpha value is -2.08. The second kappa shape index (κ2) is 5.85. The molecule has 0 heterocycles. The molecule has 0 amide bonds. The molecule has 0 radical (unpaired) electrons. The molecule has 2 aliphatic rings. The zero-order valence-corrected chi connectivity index (χ0v) is 13.9. The molecule has 0 nitrogen and oxygen atoms in total. The Labute approximate surface area is 139 Å². The predicted molar refractivity (Wildman–Crippen MR) is 97.5 cm³/mol. The van der Waals surface area contributed by atoms with E-state index in [-0.39, 0.29) is 0 Å². The fraction of sp³-hybridized carbons (Fsp3) is 0.304. The van der Waals surface area contributed by atoms with Crippen LogP contribution in [-0.2, 0) is 0 Å². The molecule has 0 aromatic heterocycles. The Morgan fingerprint density at radius 3 is 1.96 bits per heavy atom. The SMILES string of the molecule is Cc1ccc(C2C(c3ccccc3)C2C2C=CC=CC2C)cc1. The van der Waals surface area contributed by atoms with E-state index in [1.54, 1.807) is 0 Å². The van der Waals surface area contributed by atoms with Crippen LogP contribution in [0.25, 0.3) is 0 Å². The van der Waals surface area contributed by atoms with Crippen molar-refractivity contribution >= 4 is 0 Å². The number of hydrogen-bond acceptors (Lipinski definition) is 0. The van der Waals surface area contributed by atoms with E-state index in [1.165, 1.54) is 16.7 Å². The Balaban J connectivity index is 1.69. The van der Waals surface area contributed by atoms with Gasteiger partial charge in [0.15, 0.2) is 0 Å². The van der Waals surface area contributed by atoms with Crippen molar-refractivity contribution in [3.63, 3.8) is 0 Å². The highest BCUT2D eigenvalue weighted by Gasteiger charge is 2.55. The third-order valence-corrected chi connectivity index (χ3v) is 5.63. The first-order valence-electron chi connectivity index (χ1n) is 8.72. The van der Waals surface area contributed by atoms with Gasteiger partial charge in [-0.05, 0) is 47.6 Å². The van der Waals surface area contributed by atoms with Gasteiger partial charge in [0.05, 0.1) is 0 Å². The van der Waals surface area contributed by atoms with E-state index in [1.807, 2.05) is 0 Å². The van der Waals surface area contributed by atoms with Crippen molar-refractivity contribution in [1.29, 1.82) is 0 Å². The standard InChI is InChI=1S/C23H24/c1-16-12-14-19(15-13-16)22-21(18-9-4-3-5-10-18)23(22)20-11-7-6-8-17(20)2/h3-15,17,20-23H,1-2H3. The molecule has 0 N–H and O–H groups in total. The molecule has 1 saturated carbocycles. The van der Waals surface area contributed by atoms with Crippen LogP contribution in [0.15, 0.2) is 78.9 Å². The number of hydrogen-bond donors (Lipinski definition) is 0. The predicted octanol–water partition coefficient (Wildman–Crippen LogP) is 5.87. The first-order chi connectivity index (χ1) is 11.3. The molecule has 0 bridgehead atoms. The van der Waals surface area contributed by atoms with Crippen molar-refractivity contribution in [2.24, 2.45) is 17.8 Å². The topological polar surface area (TPSA) is 0 Å². The van der Waals surface area contributed by atoms with Crippen molar-refractivity contribution in [3.8, 4) is 0 Å². The maximum absolute atomic E-state index is 2.43. The first kappa shape index (κ1) is 14.5. The molecule has 116 valence electrons. The van der Waals surface area contributed by atoms with E-state index in [4.69, 9.17) is 0 Å². The molecular weight excluding hydrogens is 276 g/mol. The lowest BCUT2D eigenvalue weighted by Crippen LogP contribution is -2.13. The van der Waals surface area contributed by atoms with Crippen LogP contribution < -0.4 is 0 Å². The van der Waals surface area contributed by atoms with Gasteiger partial charge in [-0.3, -0.25) is 0 Å². The minimum absolute atomic E-state index is 0.631. The summed E-state index contributed by atoms with van der Waals surface area (Å²) in [5.41, 5.74) is 4.35. The quantitative estimate of drug-likeness (QED) is 0.665. The first-order valence-corrected chi connectivity index (χ1v) is 8.72. The van der Waals surface area contributed by atoms with Gasteiger partial charge in [-0.15, -0.1) is 0 Å². The lowest BCUT2D eigenvalue weighted by atomic mass is 9.84. The molecule has 5 atom stereocenters. The van der Waals surface area contributed by atoms with Crippen molar-refractivity contribution in [2.75, 3.05) is 0 Å². The Morgan fingerprint density at radius 2 is 1.30 bits per heavy atom. The summed E-state index contributed by atoms with van der Waals surface area (Å²) in [5, 5.41) is 0. The van der Waals surface area contributed by atoms with Gasteiger partial charge in [-0.1, -0.05) is 91.4 Å². The van der Waals surface area contributed by atoms with Crippen molar-refractivity contribution in [2.45, 2.75) is 25.7 Å². The summed E-state index contributed by atoms with van der Waals surface area (Å²) in [6, 6.07) is 20.3. The minimum atomic E-state index is 0.631. The molecule has 2 aromatic rings. The maximum atomic E-state index is 2.43. The summed E-state index contributed by atoms with van der Waals surface area (Å²) in [6.45, 7) is 4.52. The summed E-state index contributed by atoms with van der Waals surface area (Å²) in [5.74, 6) is 3.31. The van der Waals surface area contributed by atoms with Crippen LogP contribution in [0.1, 0.15) is 35.4 Å². The number of allylic oxidation sites excluding steroid dienone is 4. The molecule has 0 spiro atoms. The molecule has 0 heteroatoms. The van der Waals surface area contributed by atoms with Gasteiger partial charge < -0.3 is 0 Å². The van der Waals surface area contributed by atoms with E-state index >= 15 is 0 Å². The third kappa shape index (κ3) is 2.67. The van der Waals surface area contributed by atoms with E-state index in [9.17, 15) is 0 Å². The van der Waals surface area contributed by atoms with Crippen LogP contribution in [-0.4, -0.2) is 0 Å². The highest BCUT2D eigenvalue weighted by atomic mass is 14.6. The summed E-state index contributed by atoms with van der Waals surface area (Å²) in [6.07, 6.45) is 9.22. The van der Waals surface area contributed by atoms with E-state index in [0.717, 1.165) is 5.92 Å². The summed E-state index contributed by atoms with van der Waals surface area (Å²) in [7, 11) is 0. The van der Waals surface area contributed by atoms with Crippen LogP contribution >= 0.6 is 0 Å². The minimum Gasteiger partial charge on any atom is -0.0811 e. The smallest absolute Gasteiger partial charge is 0.00498 e. The molecule has 0 aliphatic heterocycles. The highest BCUT2D eigenvalue weighted by molar-refractivity contribution is 5.41. The normalized spacial score (nSPS) is 32.0. The Kier molecular flexibility index (Phi) is 3.69. The van der Waals surface area contributed by atoms with Crippen LogP contribution in [0.2, 0.25) is 0 Å². The Morgan fingerprint density at radius 1 is 0.696 bits per heavy atom. The van der Waals surface area contributed by atoms with Crippen molar-refractivity contribution < 1.29 is 0 Å². The van der Waals surface area contributed by atoms with E-state index in [0.29, 0.717) is 23.7 Å². The van der Waals surface area contributed by atoms with Crippen molar-refractivity contribution in [1.82, 2.24) is 0 Å². The lowest BCUT2D eigenvalue weighted by Gasteiger charge is -2.21. The highest BCUT2D eigenvalue weighted by Crippen LogP contribution is 2.65. The summed E-state index contributed by atoms with van der Waals surface area (Å²) >= 11 is 0. The largest absolute Gasteiger partial charge is 0.0811 e. The molecular formula is C23H24. The van der Waals surface area contributed by atoms with Gasteiger partial charge in [0.25, 0.3) is 0 Å². The number of rotatable bonds is 3. The summed E-state index contributed by atoms with van der Waals surface area (Å²) < 4.78 is 0. The number of benzene rings is 2. The van der Waals surface area contributed by atoms with E-state index < -0.39 is 0 Å². The van der Waals surface area contributed by atoms with Gasteiger partial charge in [0.2, 0.25) is 0 Å². The zero-order chi connectivity index (χ0) is 15.8. The molecule has 1 fully saturated rings. The monoisotopic (exact) mass is 300 g/mol. The van der Waals surface area contributed by atoms with Crippen LogP contribution in [0, 0.1) is 24.7 Å².